The molecule has 31 heavy (non-hydrogen) atoms. The Morgan fingerprint density at radius 3 is 2.61 bits per heavy atom. The smallest absolute Gasteiger partial charge is 0.362 e. The summed E-state index contributed by atoms with van der Waals surface area (Å²) in [6.45, 7) is 2.98. The van der Waals surface area contributed by atoms with E-state index in [4.69, 9.17) is 9.47 Å². The minimum Gasteiger partial charge on any atom is -0.481 e. The van der Waals surface area contributed by atoms with E-state index >= 15 is 0 Å². The van der Waals surface area contributed by atoms with Crippen molar-refractivity contribution in [1.29, 1.82) is 0 Å². The van der Waals surface area contributed by atoms with Gasteiger partial charge in [0.15, 0.2) is 12.4 Å². The van der Waals surface area contributed by atoms with Gasteiger partial charge in [-0.15, -0.1) is 0 Å². The number of anilines is 1. The molecule has 0 bridgehead atoms. The van der Waals surface area contributed by atoms with E-state index in [2.05, 4.69) is 10.4 Å². The van der Waals surface area contributed by atoms with E-state index in [0.29, 0.717) is 5.69 Å². The molecule has 2 aromatic carbocycles. The second kappa shape index (κ2) is 9.66. The molecule has 160 valence electrons. The topological polar surface area (TPSA) is 99.5 Å². The van der Waals surface area contributed by atoms with Crippen LogP contribution in [0.5, 0.6) is 5.75 Å². The molecule has 0 saturated carbocycles. The Morgan fingerprint density at radius 2 is 1.90 bits per heavy atom. The monoisotopic (exact) mass is 425 g/mol. The first-order valence-corrected chi connectivity index (χ1v) is 9.44. The molecule has 1 amide bonds. The van der Waals surface area contributed by atoms with Crippen molar-refractivity contribution in [3.63, 3.8) is 0 Å². The number of esters is 1. The molecule has 0 radical (unpaired) electrons. The van der Waals surface area contributed by atoms with Gasteiger partial charge in [-0.1, -0.05) is 24.3 Å². The normalized spacial score (nSPS) is 10.4. The van der Waals surface area contributed by atoms with Crippen LogP contribution in [0.4, 0.5) is 10.1 Å². The highest BCUT2D eigenvalue weighted by atomic mass is 19.1. The number of halogens is 1. The molecule has 0 unspecified atom stereocenters. The zero-order valence-electron chi connectivity index (χ0n) is 16.9. The van der Waals surface area contributed by atoms with Gasteiger partial charge in [-0.05, 0) is 43.7 Å². The largest absolute Gasteiger partial charge is 0.481 e. The van der Waals surface area contributed by atoms with Gasteiger partial charge in [0.05, 0.1) is 18.4 Å². The second-order valence-electron chi connectivity index (χ2n) is 6.46. The average Bonchev–Trinajstić information content (AvgIpc) is 2.73. The summed E-state index contributed by atoms with van der Waals surface area (Å²) in [6.07, 6.45) is 0. The van der Waals surface area contributed by atoms with Crippen molar-refractivity contribution in [2.45, 2.75) is 13.8 Å². The van der Waals surface area contributed by atoms with E-state index in [1.54, 1.807) is 32.0 Å². The highest BCUT2D eigenvalue weighted by Crippen LogP contribution is 2.18. The van der Waals surface area contributed by atoms with Gasteiger partial charge in [0.2, 0.25) is 5.69 Å². The molecule has 8 nitrogen and oxygen atoms in total. The fraction of sp³-hybridized carbons (Fsp3) is 0.182. The number of amides is 1. The minimum absolute atomic E-state index is 0.0868. The van der Waals surface area contributed by atoms with Crippen LogP contribution < -0.4 is 15.6 Å². The molecular formula is C22H20FN3O5. The maximum atomic E-state index is 13.3. The third-order valence-electron chi connectivity index (χ3n) is 4.18. The summed E-state index contributed by atoms with van der Waals surface area (Å²) in [5.74, 6) is -2.11. The molecule has 3 aromatic rings. The van der Waals surface area contributed by atoms with Gasteiger partial charge < -0.3 is 14.8 Å². The van der Waals surface area contributed by atoms with Gasteiger partial charge in [0.1, 0.15) is 5.82 Å². The average molecular weight is 425 g/mol. The SMILES string of the molecule is CCOC(=O)c1nn(-c2ccccc2C)c(=O)cc1OCC(=O)Nc1cccc(F)c1. The Morgan fingerprint density at radius 1 is 1.13 bits per heavy atom. The number of rotatable bonds is 7. The number of benzene rings is 2. The van der Waals surface area contributed by atoms with E-state index in [9.17, 15) is 18.8 Å². The standard InChI is InChI=1S/C22H20FN3O5/c1-3-30-22(29)21-18(31-13-19(27)24-16-9-6-8-15(23)11-16)12-20(28)26(25-21)17-10-5-4-7-14(17)2/h4-12H,3,13H2,1-2H3,(H,24,27). The molecule has 0 atom stereocenters. The Labute approximate surface area is 177 Å². The van der Waals surface area contributed by atoms with Crippen molar-refractivity contribution in [3.8, 4) is 11.4 Å². The summed E-state index contributed by atoms with van der Waals surface area (Å²) in [7, 11) is 0. The van der Waals surface area contributed by atoms with Crippen molar-refractivity contribution < 1.29 is 23.5 Å². The number of para-hydroxylation sites is 1. The maximum Gasteiger partial charge on any atom is 0.362 e. The first-order chi connectivity index (χ1) is 14.9. The molecule has 3 rings (SSSR count). The lowest BCUT2D eigenvalue weighted by Crippen LogP contribution is -2.27. The van der Waals surface area contributed by atoms with Gasteiger partial charge in [-0.3, -0.25) is 9.59 Å². The molecule has 0 aliphatic heterocycles. The molecule has 1 N–H and O–H groups in total. The minimum atomic E-state index is -0.801. The maximum absolute atomic E-state index is 13.3. The molecule has 0 spiro atoms. The van der Waals surface area contributed by atoms with Crippen LogP contribution in [-0.2, 0) is 9.53 Å². The van der Waals surface area contributed by atoms with E-state index in [-0.39, 0.29) is 23.7 Å². The fourth-order valence-corrected chi connectivity index (χ4v) is 2.77. The van der Waals surface area contributed by atoms with Gasteiger partial charge in [0.25, 0.3) is 11.5 Å². The summed E-state index contributed by atoms with van der Waals surface area (Å²) in [6, 6.07) is 13.4. The Bertz CT molecular complexity index is 1180. The number of hydrogen-bond acceptors (Lipinski definition) is 6. The van der Waals surface area contributed by atoms with Crippen molar-refractivity contribution in [3.05, 3.63) is 82.0 Å². The first kappa shape index (κ1) is 21.7. The Kier molecular flexibility index (Phi) is 6.76. The zero-order chi connectivity index (χ0) is 22.4. The van der Waals surface area contributed by atoms with Crippen LogP contribution in [0.25, 0.3) is 5.69 Å². The Hall–Kier alpha value is -4.01. The lowest BCUT2D eigenvalue weighted by molar-refractivity contribution is -0.118. The quantitative estimate of drug-likeness (QED) is 0.585. The number of hydrogen-bond donors (Lipinski definition) is 1. The van der Waals surface area contributed by atoms with Crippen molar-refractivity contribution in [2.75, 3.05) is 18.5 Å². The van der Waals surface area contributed by atoms with E-state index < -0.39 is 29.9 Å². The molecule has 0 aliphatic rings. The van der Waals surface area contributed by atoms with Gasteiger partial charge in [0, 0.05) is 5.69 Å². The van der Waals surface area contributed by atoms with Crippen molar-refractivity contribution >= 4 is 17.6 Å². The number of aryl methyl sites for hydroxylation is 1. The number of aromatic nitrogens is 2. The van der Waals surface area contributed by atoms with E-state index in [1.165, 1.54) is 18.2 Å². The number of nitrogens with one attached hydrogen (secondary N) is 1. The summed E-state index contributed by atoms with van der Waals surface area (Å²) in [5.41, 5.74) is 0.710. The summed E-state index contributed by atoms with van der Waals surface area (Å²) in [4.78, 5) is 37.2. The molecule has 0 saturated heterocycles. The summed E-state index contributed by atoms with van der Waals surface area (Å²) >= 11 is 0. The third-order valence-corrected chi connectivity index (χ3v) is 4.18. The zero-order valence-corrected chi connectivity index (χ0v) is 16.9. The highest BCUT2D eigenvalue weighted by Gasteiger charge is 2.21. The predicted molar refractivity (Wildman–Crippen MR) is 111 cm³/mol. The number of carbonyl (C=O) groups excluding carboxylic acids is 2. The van der Waals surface area contributed by atoms with Crippen LogP contribution in [-0.4, -0.2) is 34.9 Å². The number of ether oxygens (including phenoxy) is 2. The first-order valence-electron chi connectivity index (χ1n) is 9.44. The van der Waals surface area contributed by atoms with E-state index in [1.807, 2.05) is 6.07 Å². The summed E-state index contributed by atoms with van der Waals surface area (Å²) < 4.78 is 24.7. The van der Waals surface area contributed by atoms with Gasteiger partial charge in [-0.2, -0.15) is 9.78 Å². The van der Waals surface area contributed by atoms with Crippen molar-refractivity contribution in [1.82, 2.24) is 9.78 Å². The molecule has 1 heterocycles. The highest BCUT2D eigenvalue weighted by molar-refractivity contribution is 5.93. The number of nitrogens with zero attached hydrogens (tertiary/aromatic N) is 2. The van der Waals surface area contributed by atoms with Crippen LogP contribution >= 0.6 is 0 Å². The predicted octanol–water partition coefficient (Wildman–Crippen LogP) is 2.87. The fourth-order valence-electron chi connectivity index (χ4n) is 2.77. The lowest BCUT2D eigenvalue weighted by Gasteiger charge is -2.13. The second-order valence-corrected chi connectivity index (χ2v) is 6.46. The third kappa shape index (κ3) is 5.33. The van der Waals surface area contributed by atoms with Crippen LogP contribution in [0.2, 0.25) is 0 Å². The molecule has 0 aliphatic carbocycles. The van der Waals surface area contributed by atoms with Crippen LogP contribution in [0.3, 0.4) is 0 Å². The number of carbonyl (C=O) groups is 2. The molecule has 0 fully saturated rings. The molecule has 1 aromatic heterocycles. The molecule has 9 heteroatoms. The van der Waals surface area contributed by atoms with Gasteiger partial charge in [-0.25, -0.2) is 9.18 Å². The lowest BCUT2D eigenvalue weighted by atomic mass is 10.2. The Balaban J connectivity index is 1.87. The van der Waals surface area contributed by atoms with Crippen molar-refractivity contribution in [2.24, 2.45) is 0 Å². The summed E-state index contributed by atoms with van der Waals surface area (Å²) in [5, 5.41) is 6.58. The molecular weight excluding hydrogens is 405 g/mol. The van der Waals surface area contributed by atoms with E-state index in [0.717, 1.165) is 22.4 Å². The van der Waals surface area contributed by atoms with Crippen LogP contribution in [0.1, 0.15) is 23.0 Å². The van der Waals surface area contributed by atoms with Gasteiger partial charge >= 0.3 is 5.97 Å². The van der Waals surface area contributed by atoms with Crippen LogP contribution in [0, 0.1) is 12.7 Å². The van der Waals surface area contributed by atoms with Crippen LogP contribution in [0.15, 0.2) is 59.4 Å².